The van der Waals surface area contributed by atoms with Gasteiger partial charge in [0.25, 0.3) is 5.56 Å². The number of ether oxygens (including phenoxy) is 2. The summed E-state index contributed by atoms with van der Waals surface area (Å²) in [5.74, 6) is 1.90. The molecule has 0 N–H and O–H groups in total. The molecule has 0 amide bonds. The van der Waals surface area contributed by atoms with Crippen LogP contribution in [0.2, 0.25) is 0 Å². The van der Waals surface area contributed by atoms with Crippen molar-refractivity contribution in [3.8, 4) is 22.9 Å². The van der Waals surface area contributed by atoms with Gasteiger partial charge in [-0.3, -0.25) is 4.79 Å². The van der Waals surface area contributed by atoms with Crippen molar-refractivity contribution in [1.82, 2.24) is 14.6 Å². The molecule has 2 aromatic carbocycles. The first-order valence-corrected chi connectivity index (χ1v) is 9.11. The van der Waals surface area contributed by atoms with Crippen molar-refractivity contribution < 1.29 is 9.47 Å². The van der Waals surface area contributed by atoms with Gasteiger partial charge in [-0.1, -0.05) is 35.1 Å². The van der Waals surface area contributed by atoms with Gasteiger partial charge in [-0.15, -0.1) is 5.10 Å². The number of nitrogens with zero attached hydrogens (tertiary/aromatic N) is 3. The van der Waals surface area contributed by atoms with Crippen LogP contribution in [-0.4, -0.2) is 28.8 Å². The Hall–Kier alpha value is -3.19. The molecular formula is C20H17N3O3S. The van der Waals surface area contributed by atoms with Crippen molar-refractivity contribution in [2.24, 2.45) is 0 Å². The van der Waals surface area contributed by atoms with Gasteiger partial charge in [0.2, 0.25) is 4.96 Å². The number of methoxy groups -OCH3 is 2. The summed E-state index contributed by atoms with van der Waals surface area (Å²) in [6, 6.07) is 13.3. The number of benzene rings is 2. The zero-order valence-corrected chi connectivity index (χ0v) is 15.9. The number of aromatic nitrogens is 3. The molecule has 0 saturated carbocycles. The standard InChI is InChI=1S/C20H17N3O3S/c1-12-5-4-6-13(9-12)18-21-20-23(22-18)19(24)17(27-20)11-14-10-15(25-2)7-8-16(14)26-3/h4-11H,1-3H3/b17-11-. The third-order valence-corrected chi connectivity index (χ3v) is 5.14. The molecule has 6 nitrogen and oxygen atoms in total. The second-order valence-electron chi connectivity index (χ2n) is 6.02. The van der Waals surface area contributed by atoms with Crippen LogP contribution in [0.5, 0.6) is 11.5 Å². The van der Waals surface area contributed by atoms with Gasteiger partial charge in [-0.25, -0.2) is 0 Å². The summed E-state index contributed by atoms with van der Waals surface area (Å²) in [5.41, 5.74) is 2.57. The van der Waals surface area contributed by atoms with Crippen LogP contribution in [0.1, 0.15) is 11.1 Å². The molecule has 0 unspecified atom stereocenters. The van der Waals surface area contributed by atoms with Crippen LogP contribution in [0.25, 0.3) is 22.4 Å². The van der Waals surface area contributed by atoms with E-state index >= 15 is 0 Å². The summed E-state index contributed by atoms with van der Waals surface area (Å²) in [6.07, 6.45) is 1.77. The van der Waals surface area contributed by atoms with E-state index in [0.29, 0.717) is 26.8 Å². The smallest absolute Gasteiger partial charge is 0.291 e. The maximum atomic E-state index is 12.8. The van der Waals surface area contributed by atoms with Gasteiger partial charge < -0.3 is 9.47 Å². The van der Waals surface area contributed by atoms with Crippen LogP contribution in [0.15, 0.2) is 47.3 Å². The van der Waals surface area contributed by atoms with Crippen molar-refractivity contribution in [2.75, 3.05) is 14.2 Å². The quantitative estimate of drug-likeness (QED) is 0.545. The van der Waals surface area contributed by atoms with Crippen molar-refractivity contribution in [1.29, 1.82) is 0 Å². The van der Waals surface area contributed by atoms with Gasteiger partial charge >= 0.3 is 0 Å². The Morgan fingerprint density at radius 3 is 2.67 bits per heavy atom. The summed E-state index contributed by atoms with van der Waals surface area (Å²) in [5, 5.41) is 4.39. The molecule has 2 aromatic heterocycles. The van der Waals surface area contributed by atoms with Crippen molar-refractivity contribution in [3.05, 3.63) is 68.5 Å². The predicted octanol–water partition coefficient (Wildman–Crippen LogP) is 2.69. The summed E-state index contributed by atoms with van der Waals surface area (Å²) in [6.45, 7) is 2.01. The third-order valence-electron chi connectivity index (χ3n) is 4.18. The van der Waals surface area contributed by atoms with Crippen LogP contribution >= 0.6 is 11.3 Å². The first-order valence-electron chi connectivity index (χ1n) is 8.29. The molecule has 0 aliphatic heterocycles. The highest BCUT2D eigenvalue weighted by atomic mass is 32.1. The maximum Gasteiger partial charge on any atom is 0.291 e. The average molecular weight is 379 g/mol. The van der Waals surface area contributed by atoms with E-state index in [0.717, 1.165) is 16.7 Å². The van der Waals surface area contributed by atoms with Gasteiger partial charge in [0.05, 0.1) is 18.8 Å². The maximum absolute atomic E-state index is 12.8. The molecule has 0 spiro atoms. The summed E-state index contributed by atoms with van der Waals surface area (Å²) in [4.78, 5) is 17.8. The SMILES string of the molecule is COc1ccc(OC)c(/C=c2\sc3nc(-c4cccc(C)c4)nn3c2=O)c1. The van der Waals surface area contributed by atoms with E-state index in [2.05, 4.69) is 10.1 Å². The van der Waals surface area contributed by atoms with E-state index in [9.17, 15) is 4.79 Å². The molecule has 2 heterocycles. The van der Waals surface area contributed by atoms with Gasteiger partial charge in [-0.2, -0.15) is 9.50 Å². The second-order valence-corrected chi connectivity index (χ2v) is 7.03. The number of hydrogen-bond donors (Lipinski definition) is 0. The highest BCUT2D eigenvalue weighted by molar-refractivity contribution is 7.15. The molecule has 7 heteroatoms. The van der Waals surface area contributed by atoms with Crippen LogP contribution in [0.3, 0.4) is 0 Å². The van der Waals surface area contributed by atoms with Crippen molar-refractivity contribution in [3.63, 3.8) is 0 Å². The lowest BCUT2D eigenvalue weighted by Crippen LogP contribution is -2.23. The first kappa shape index (κ1) is 17.2. The van der Waals surface area contributed by atoms with E-state index in [4.69, 9.17) is 9.47 Å². The minimum Gasteiger partial charge on any atom is -0.497 e. The molecule has 0 saturated heterocycles. The van der Waals surface area contributed by atoms with Gasteiger partial charge in [-0.05, 0) is 37.3 Å². The predicted molar refractivity (Wildman–Crippen MR) is 106 cm³/mol. The molecule has 0 bridgehead atoms. The van der Waals surface area contributed by atoms with E-state index in [-0.39, 0.29) is 5.56 Å². The minimum atomic E-state index is -0.203. The lowest BCUT2D eigenvalue weighted by Gasteiger charge is -2.06. The highest BCUT2D eigenvalue weighted by Crippen LogP contribution is 2.24. The zero-order valence-electron chi connectivity index (χ0n) is 15.1. The van der Waals surface area contributed by atoms with Crippen LogP contribution in [0.4, 0.5) is 0 Å². The third kappa shape index (κ3) is 3.17. The van der Waals surface area contributed by atoms with Crippen molar-refractivity contribution >= 4 is 22.4 Å². The molecule has 0 atom stereocenters. The Labute approximate surface area is 159 Å². The molecule has 4 aromatic rings. The summed E-state index contributed by atoms with van der Waals surface area (Å²) < 4.78 is 12.5. The lowest BCUT2D eigenvalue weighted by atomic mass is 10.1. The van der Waals surface area contributed by atoms with Crippen molar-refractivity contribution in [2.45, 2.75) is 6.92 Å². The summed E-state index contributed by atoms with van der Waals surface area (Å²) >= 11 is 1.30. The Morgan fingerprint density at radius 2 is 1.96 bits per heavy atom. The molecule has 136 valence electrons. The number of rotatable bonds is 4. The number of fused-ring (bicyclic) bond motifs is 1. The Kier molecular flexibility index (Phi) is 4.37. The molecule has 0 radical (unpaired) electrons. The molecule has 27 heavy (non-hydrogen) atoms. The fraction of sp³-hybridized carbons (Fsp3) is 0.150. The van der Waals surface area contributed by atoms with Gasteiger partial charge in [0.15, 0.2) is 5.82 Å². The Morgan fingerprint density at radius 1 is 1.11 bits per heavy atom. The number of thiazole rings is 1. The van der Waals surface area contributed by atoms with Crippen LogP contribution in [-0.2, 0) is 0 Å². The Balaban J connectivity index is 1.83. The largest absolute Gasteiger partial charge is 0.497 e. The summed E-state index contributed by atoms with van der Waals surface area (Å²) in [7, 11) is 3.19. The minimum absolute atomic E-state index is 0.203. The fourth-order valence-electron chi connectivity index (χ4n) is 2.83. The van der Waals surface area contributed by atoms with E-state index in [1.54, 1.807) is 20.3 Å². The number of hydrogen-bond acceptors (Lipinski definition) is 6. The Bertz CT molecular complexity index is 1240. The van der Waals surface area contributed by atoms with E-state index < -0.39 is 0 Å². The molecule has 4 rings (SSSR count). The van der Waals surface area contributed by atoms with Gasteiger partial charge in [0, 0.05) is 11.1 Å². The monoisotopic (exact) mass is 379 g/mol. The second kappa shape index (κ2) is 6.85. The molecule has 0 aliphatic carbocycles. The van der Waals surface area contributed by atoms with Gasteiger partial charge in [0.1, 0.15) is 11.5 Å². The normalized spacial score (nSPS) is 11.9. The topological polar surface area (TPSA) is 65.7 Å². The molecule has 0 fully saturated rings. The average Bonchev–Trinajstić information content (AvgIpc) is 3.21. The molecular weight excluding hydrogens is 362 g/mol. The lowest BCUT2D eigenvalue weighted by molar-refractivity contribution is 0.402. The highest BCUT2D eigenvalue weighted by Gasteiger charge is 2.13. The van der Waals surface area contributed by atoms with Crippen LogP contribution in [0, 0.1) is 6.92 Å². The van der Waals surface area contributed by atoms with E-state index in [1.165, 1.54) is 15.9 Å². The fourth-order valence-corrected chi connectivity index (χ4v) is 3.73. The van der Waals surface area contributed by atoms with E-state index in [1.807, 2.05) is 49.4 Å². The van der Waals surface area contributed by atoms with Crippen LogP contribution < -0.4 is 19.6 Å². The zero-order chi connectivity index (χ0) is 19.0. The number of aryl methyl sites for hydroxylation is 1. The first-order chi connectivity index (χ1) is 13.1. The molecule has 0 aliphatic rings.